The molecule has 0 radical (unpaired) electrons. The zero-order valence-corrected chi connectivity index (χ0v) is 13.1. The Morgan fingerprint density at radius 2 is 1.89 bits per heavy atom. The predicted octanol–water partition coefficient (Wildman–Crippen LogP) is 3.94. The van der Waals surface area contributed by atoms with E-state index < -0.39 is 0 Å². The summed E-state index contributed by atoms with van der Waals surface area (Å²) < 4.78 is 0.523. The van der Waals surface area contributed by atoms with E-state index in [4.69, 9.17) is 0 Å². The molecular formula is C15H17BrN2O. The van der Waals surface area contributed by atoms with E-state index in [0.717, 1.165) is 11.3 Å². The average Bonchev–Trinajstić information content (AvgIpc) is 2.35. The van der Waals surface area contributed by atoms with Crippen LogP contribution >= 0.6 is 15.9 Å². The van der Waals surface area contributed by atoms with Gasteiger partial charge in [0.25, 0.3) is 5.56 Å². The van der Waals surface area contributed by atoms with Gasteiger partial charge in [-0.15, -0.1) is 0 Å². The quantitative estimate of drug-likeness (QED) is 0.910. The lowest BCUT2D eigenvalue weighted by Crippen LogP contribution is -2.14. The molecule has 100 valence electrons. The van der Waals surface area contributed by atoms with Crippen LogP contribution in [0, 0.1) is 13.8 Å². The number of H-pyrrole nitrogens is 1. The summed E-state index contributed by atoms with van der Waals surface area (Å²) in [7, 11) is 0. The summed E-state index contributed by atoms with van der Waals surface area (Å²) >= 11 is 3.31. The maximum atomic E-state index is 11.9. The van der Waals surface area contributed by atoms with Crippen LogP contribution in [0.3, 0.4) is 0 Å². The number of nitrogens with one attached hydrogen (secondary N) is 1. The van der Waals surface area contributed by atoms with E-state index in [1.807, 2.05) is 32.0 Å². The van der Waals surface area contributed by atoms with Crippen LogP contribution in [0.1, 0.15) is 36.6 Å². The van der Waals surface area contributed by atoms with Crippen LogP contribution < -0.4 is 5.56 Å². The largest absolute Gasteiger partial charge is 0.306 e. The van der Waals surface area contributed by atoms with E-state index in [0.29, 0.717) is 10.3 Å². The van der Waals surface area contributed by atoms with Gasteiger partial charge < -0.3 is 4.98 Å². The minimum absolute atomic E-state index is 0.132. The molecule has 0 spiro atoms. The smallest absolute Gasteiger partial charge is 0.265 e. The van der Waals surface area contributed by atoms with Gasteiger partial charge in [0.15, 0.2) is 0 Å². The number of aromatic amines is 1. The summed E-state index contributed by atoms with van der Waals surface area (Å²) in [5, 5.41) is 0. The highest BCUT2D eigenvalue weighted by molar-refractivity contribution is 9.10. The van der Waals surface area contributed by atoms with Gasteiger partial charge in [-0.25, -0.2) is 4.98 Å². The standard InChI is InChI=1S/C15H17BrN2O/c1-8(2)13-12(16)15(19)18-14(17-13)11-6-5-9(3)10(4)7-11/h5-8H,1-4H3,(H,17,18,19). The molecule has 2 rings (SSSR count). The Bertz CT molecular complexity index is 674. The summed E-state index contributed by atoms with van der Waals surface area (Å²) in [5.41, 5.74) is 4.01. The first-order valence-corrected chi connectivity index (χ1v) is 7.06. The van der Waals surface area contributed by atoms with E-state index in [-0.39, 0.29) is 11.5 Å². The highest BCUT2D eigenvalue weighted by atomic mass is 79.9. The van der Waals surface area contributed by atoms with Crippen molar-refractivity contribution in [1.29, 1.82) is 0 Å². The lowest BCUT2D eigenvalue weighted by atomic mass is 10.1. The second kappa shape index (κ2) is 5.29. The lowest BCUT2D eigenvalue weighted by Gasteiger charge is -2.10. The van der Waals surface area contributed by atoms with Crippen LogP contribution in [0.4, 0.5) is 0 Å². The molecule has 0 saturated heterocycles. The molecular weight excluding hydrogens is 304 g/mol. The maximum absolute atomic E-state index is 11.9. The third-order valence-corrected chi connectivity index (χ3v) is 3.98. The molecule has 0 fully saturated rings. The number of rotatable bonds is 2. The molecule has 1 aromatic heterocycles. The molecule has 1 N–H and O–H groups in total. The Hall–Kier alpha value is -1.42. The molecule has 4 heteroatoms. The molecule has 0 aliphatic carbocycles. The second-order valence-corrected chi connectivity index (χ2v) is 5.86. The predicted molar refractivity (Wildman–Crippen MR) is 81.6 cm³/mol. The van der Waals surface area contributed by atoms with Crippen molar-refractivity contribution in [3.63, 3.8) is 0 Å². The fraction of sp³-hybridized carbons (Fsp3) is 0.333. The van der Waals surface area contributed by atoms with Crippen molar-refractivity contribution in [2.45, 2.75) is 33.6 Å². The van der Waals surface area contributed by atoms with Crippen molar-refractivity contribution in [3.8, 4) is 11.4 Å². The highest BCUT2D eigenvalue weighted by Gasteiger charge is 2.13. The third-order valence-electron chi connectivity index (χ3n) is 3.22. The van der Waals surface area contributed by atoms with E-state index in [1.165, 1.54) is 11.1 Å². The van der Waals surface area contributed by atoms with E-state index in [9.17, 15) is 4.79 Å². The minimum atomic E-state index is -0.132. The Labute approximate surface area is 121 Å². The summed E-state index contributed by atoms with van der Waals surface area (Å²) in [6, 6.07) is 6.08. The Morgan fingerprint density at radius 3 is 2.47 bits per heavy atom. The third kappa shape index (κ3) is 2.78. The van der Waals surface area contributed by atoms with Crippen molar-refractivity contribution >= 4 is 15.9 Å². The first kappa shape index (κ1) is 14.0. The molecule has 19 heavy (non-hydrogen) atoms. The first-order valence-electron chi connectivity index (χ1n) is 6.27. The lowest BCUT2D eigenvalue weighted by molar-refractivity contribution is 0.803. The van der Waals surface area contributed by atoms with Gasteiger partial charge in [0.05, 0.1) is 5.69 Å². The number of nitrogens with zero attached hydrogens (tertiary/aromatic N) is 1. The van der Waals surface area contributed by atoms with Crippen LogP contribution in [0.5, 0.6) is 0 Å². The van der Waals surface area contributed by atoms with Gasteiger partial charge in [-0.2, -0.15) is 0 Å². The molecule has 0 amide bonds. The van der Waals surface area contributed by atoms with Gasteiger partial charge in [-0.05, 0) is 52.9 Å². The monoisotopic (exact) mass is 320 g/mol. The molecule has 2 aromatic rings. The topological polar surface area (TPSA) is 45.8 Å². The van der Waals surface area contributed by atoms with Gasteiger partial charge >= 0.3 is 0 Å². The van der Waals surface area contributed by atoms with Crippen LogP contribution in [0.15, 0.2) is 27.5 Å². The molecule has 1 aromatic carbocycles. The van der Waals surface area contributed by atoms with Crippen molar-refractivity contribution in [1.82, 2.24) is 9.97 Å². The van der Waals surface area contributed by atoms with Crippen LogP contribution in [-0.2, 0) is 0 Å². The van der Waals surface area contributed by atoms with Gasteiger partial charge in [0, 0.05) is 5.56 Å². The Kier molecular flexibility index (Phi) is 3.90. The van der Waals surface area contributed by atoms with E-state index >= 15 is 0 Å². The molecule has 0 saturated carbocycles. The average molecular weight is 321 g/mol. The molecule has 3 nitrogen and oxygen atoms in total. The number of hydrogen-bond acceptors (Lipinski definition) is 2. The van der Waals surface area contributed by atoms with Crippen LogP contribution in [0.25, 0.3) is 11.4 Å². The van der Waals surface area contributed by atoms with Crippen molar-refractivity contribution in [2.24, 2.45) is 0 Å². The van der Waals surface area contributed by atoms with Gasteiger partial charge in [-0.3, -0.25) is 4.79 Å². The first-order chi connectivity index (χ1) is 8.90. The van der Waals surface area contributed by atoms with Crippen molar-refractivity contribution in [2.75, 3.05) is 0 Å². The number of halogens is 1. The summed E-state index contributed by atoms with van der Waals surface area (Å²) in [6.07, 6.45) is 0. The molecule has 0 atom stereocenters. The van der Waals surface area contributed by atoms with E-state index in [1.54, 1.807) is 0 Å². The summed E-state index contributed by atoms with van der Waals surface area (Å²) in [4.78, 5) is 19.3. The zero-order valence-electron chi connectivity index (χ0n) is 11.5. The Morgan fingerprint density at radius 1 is 1.21 bits per heavy atom. The molecule has 0 aliphatic rings. The Balaban J connectivity index is 2.63. The molecule has 1 heterocycles. The molecule has 0 aliphatic heterocycles. The second-order valence-electron chi connectivity index (χ2n) is 5.07. The van der Waals surface area contributed by atoms with Gasteiger partial charge in [0.2, 0.25) is 0 Å². The number of aryl methyl sites for hydroxylation is 2. The van der Waals surface area contributed by atoms with Crippen LogP contribution in [-0.4, -0.2) is 9.97 Å². The number of hydrogen-bond donors (Lipinski definition) is 1. The summed E-state index contributed by atoms with van der Waals surface area (Å²) in [6.45, 7) is 8.17. The SMILES string of the molecule is Cc1ccc(-c2nc(C(C)C)c(Br)c(=O)[nH]2)cc1C. The maximum Gasteiger partial charge on any atom is 0.265 e. The fourth-order valence-corrected chi connectivity index (χ4v) is 2.53. The van der Waals surface area contributed by atoms with Gasteiger partial charge in [0.1, 0.15) is 10.3 Å². The number of benzene rings is 1. The summed E-state index contributed by atoms with van der Waals surface area (Å²) in [5.74, 6) is 0.821. The van der Waals surface area contributed by atoms with Crippen molar-refractivity contribution < 1.29 is 0 Å². The minimum Gasteiger partial charge on any atom is -0.306 e. The van der Waals surface area contributed by atoms with Crippen LogP contribution in [0.2, 0.25) is 0 Å². The fourth-order valence-electron chi connectivity index (χ4n) is 1.88. The highest BCUT2D eigenvalue weighted by Crippen LogP contribution is 2.23. The number of aromatic nitrogens is 2. The van der Waals surface area contributed by atoms with Crippen molar-refractivity contribution in [3.05, 3.63) is 49.8 Å². The normalized spacial score (nSPS) is 11.1. The molecule has 0 bridgehead atoms. The van der Waals surface area contributed by atoms with Gasteiger partial charge in [-0.1, -0.05) is 26.0 Å². The zero-order chi connectivity index (χ0) is 14.2. The van der Waals surface area contributed by atoms with E-state index in [2.05, 4.69) is 39.7 Å². The molecule has 0 unspecified atom stereocenters.